The third kappa shape index (κ3) is 4.51. The Morgan fingerprint density at radius 3 is 2.89 bits per heavy atom. The smallest absolute Gasteiger partial charge is 0.243 e. The molecule has 2 amide bonds. The number of piperazine rings is 1. The summed E-state index contributed by atoms with van der Waals surface area (Å²) in [6, 6.07) is 5.93. The Morgan fingerprint density at radius 2 is 2.21 bits per heavy atom. The lowest BCUT2D eigenvalue weighted by Gasteiger charge is -2.26. The van der Waals surface area contributed by atoms with Gasteiger partial charge in [0.2, 0.25) is 27.1 Å². The van der Waals surface area contributed by atoms with Crippen molar-refractivity contribution < 1.29 is 22.5 Å². The van der Waals surface area contributed by atoms with E-state index in [1.54, 1.807) is 13.0 Å². The van der Waals surface area contributed by atoms with Gasteiger partial charge in [0.25, 0.3) is 0 Å². The molecule has 2 aromatic rings. The average molecular weight is 427 g/mol. The lowest BCUT2D eigenvalue weighted by molar-refractivity contribution is -0.122. The van der Waals surface area contributed by atoms with Crippen molar-refractivity contribution in [1.82, 2.24) is 14.8 Å². The number of aryl methyl sites for hydroxylation is 1. The molecule has 1 aromatic heterocycles. The molecule has 0 unspecified atom stereocenters. The highest BCUT2D eigenvalue weighted by atomic mass is 35.5. The fraction of sp³-hybridized carbons (Fsp3) is 0.353. The first-order valence-corrected chi connectivity index (χ1v) is 10.4. The molecular weight excluding hydrogens is 408 g/mol. The number of carbonyl (C=O) groups is 2. The lowest BCUT2D eigenvalue weighted by Crippen LogP contribution is -2.49. The minimum Gasteiger partial charge on any atom is -0.354 e. The van der Waals surface area contributed by atoms with Gasteiger partial charge in [0.15, 0.2) is 0 Å². The number of rotatable bonds is 6. The van der Waals surface area contributed by atoms with Crippen LogP contribution >= 0.6 is 11.6 Å². The van der Waals surface area contributed by atoms with Gasteiger partial charge < -0.3 is 15.2 Å². The van der Waals surface area contributed by atoms with Crippen LogP contribution in [-0.2, 0) is 26.0 Å². The first-order chi connectivity index (χ1) is 13.3. The number of anilines is 1. The van der Waals surface area contributed by atoms with Crippen molar-refractivity contribution in [1.29, 1.82) is 0 Å². The molecular formula is C17H19ClN4O5S. The molecule has 1 saturated heterocycles. The van der Waals surface area contributed by atoms with Gasteiger partial charge in [0.05, 0.1) is 17.1 Å². The highest BCUT2D eigenvalue weighted by Gasteiger charge is 2.29. The zero-order valence-electron chi connectivity index (χ0n) is 15.1. The van der Waals surface area contributed by atoms with Gasteiger partial charge in [0, 0.05) is 30.8 Å². The van der Waals surface area contributed by atoms with E-state index in [2.05, 4.69) is 15.8 Å². The second kappa shape index (κ2) is 8.29. The zero-order valence-corrected chi connectivity index (χ0v) is 16.6. The summed E-state index contributed by atoms with van der Waals surface area (Å²) < 4.78 is 31.4. The van der Waals surface area contributed by atoms with Crippen molar-refractivity contribution in [3.8, 4) is 0 Å². The molecule has 9 nitrogen and oxygen atoms in total. The summed E-state index contributed by atoms with van der Waals surface area (Å²) in [5, 5.41) is 9.14. The number of nitrogens with zero attached hydrogens (tertiary/aromatic N) is 2. The maximum Gasteiger partial charge on any atom is 0.243 e. The van der Waals surface area contributed by atoms with Gasteiger partial charge in [-0.25, -0.2) is 8.42 Å². The number of halogens is 1. The third-order valence-electron chi connectivity index (χ3n) is 4.30. The van der Waals surface area contributed by atoms with Crippen molar-refractivity contribution in [2.24, 2.45) is 0 Å². The van der Waals surface area contributed by atoms with Crippen molar-refractivity contribution in [2.75, 3.05) is 25.0 Å². The number of benzene rings is 1. The van der Waals surface area contributed by atoms with E-state index in [0.29, 0.717) is 23.4 Å². The molecule has 1 aromatic carbocycles. The lowest BCUT2D eigenvalue weighted by atomic mass is 10.1. The van der Waals surface area contributed by atoms with E-state index < -0.39 is 10.0 Å². The second-order valence-electron chi connectivity index (χ2n) is 6.28. The van der Waals surface area contributed by atoms with Crippen LogP contribution in [0, 0.1) is 6.92 Å². The summed E-state index contributed by atoms with van der Waals surface area (Å²) in [7, 11) is -3.83. The first-order valence-electron chi connectivity index (χ1n) is 8.55. The van der Waals surface area contributed by atoms with Gasteiger partial charge >= 0.3 is 0 Å². The molecule has 0 saturated carbocycles. The monoisotopic (exact) mass is 426 g/mol. The summed E-state index contributed by atoms with van der Waals surface area (Å²) in [5.74, 6) is -0.648. The predicted molar refractivity (Wildman–Crippen MR) is 101 cm³/mol. The summed E-state index contributed by atoms with van der Waals surface area (Å²) in [5.41, 5.74) is 1.63. The summed E-state index contributed by atoms with van der Waals surface area (Å²) in [6.45, 7) is 1.97. The van der Waals surface area contributed by atoms with Crippen LogP contribution in [0.2, 0.25) is 5.22 Å². The van der Waals surface area contributed by atoms with E-state index in [1.165, 1.54) is 18.2 Å². The quantitative estimate of drug-likeness (QED) is 0.718. The molecule has 1 aliphatic heterocycles. The van der Waals surface area contributed by atoms with Crippen LogP contribution in [0.25, 0.3) is 0 Å². The maximum atomic E-state index is 12.7. The van der Waals surface area contributed by atoms with Gasteiger partial charge in [-0.05, 0) is 43.1 Å². The normalized spacial score (nSPS) is 15.3. The van der Waals surface area contributed by atoms with Gasteiger partial charge in [0.1, 0.15) is 0 Å². The van der Waals surface area contributed by atoms with E-state index in [1.807, 2.05) is 0 Å². The van der Waals surface area contributed by atoms with Crippen LogP contribution in [0.4, 0.5) is 5.69 Å². The number of sulfonamides is 1. The van der Waals surface area contributed by atoms with E-state index >= 15 is 0 Å². The Balaban J connectivity index is 1.67. The minimum absolute atomic E-state index is 0.0120. The fourth-order valence-corrected chi connectivity index (χ4v) is 4.52. The predicted octanol–water partition coefficient (Wildman–Crippen LogP) is 1.33. The van der Waals surface area contributed by atoms with Gasteiger partial charge in [-0.15, -0.1) is 0 Å². The largest absolute Gasteiger partial charge is 0.354 e. The van der Waals surface area contributed by atoms with Crippen LogP contribution in [0.3, 0.4) is 0 Å². The summed E-state index contributed by atoms with van der Waals surface area (Å²) >= 11 is 5.88. The molecule has 2 heterocycles. The fourth-order valence-electron chi connectivity index (χ4n) is 2.81. The summed E-state index contributed by atoms with van der Waals surface area (Å²) in [6.07, 6.45) is 0.478. The molecule has 0 atom stereocenters. The Bertz CT molecular complexity index is 985. The molecule has 0 aliphatic carbocycles. The van der Waals surface area contributed by atoms with Crippen LogP contribution in [0.15, 0.2) is 33.7 Å². The Kier molecular flexibility index (Phi) is 6.01. The molecule has 3 rings (SSSR count). The van der Waals surface area contributed by atoms with E-state index in [9.17, 15) is 18.0 Å². The number of nitrogens with one attached hydrogen (secondary N) is 2. The molecule has 0 radical (unpaired) electrons. The molecule has 11 heteroatoms. The Labute approximate surface area is 167 Å². The molecule has 1 fully saturated rings. The highest BCUT2D eigenvalue weighted by Crippen LogP contribution is 2.22. The van der Waals surface area contributed by atoms with Gasteiger partial charge in [-0.3, -0.25) is 9.59 Å². The van der Waals surface area contributed by atoms with E-state index in [0.717, 1.165) is 4.31 Å². The zero-order chi connectivity index (χ0) is 20.3. The molecule has 2 N–H and O–H groups in total. The first kappa shape index (κ1) is 20.3. The SMILES string of the molecule is Cc1noc(Cl)c1CCC(=O)Nc1cccc(S(=O)(=O)N2CCNC(=O)C2)c1. The van der Waals surface area contributed by atoms with E-state index in [4.69, 9.17) is 16.1 Å². The molecule has 1 aliphatic rings. The van der Waals surface area contributed by atoms with Crippen molar-refractivity contribution in [3.05, 3.63) is 40.7 Å². The standard InChI is InChI=1S/C17H19ClN4O5S/c1-11-14(17(18)27-21-11)5-6-15(23)20-12-3-2-4-13(9-12)28(25,26)22-8-7-19-16(24)10-22/h2-4,9H,5-8,10H2,1H3,(H,19,24)(H,20,23). The van der Waals surface area contributed by atoms with E-state index in [-0.39, 0.29) is 48.0 Å². The molecule has 0 spiro atoms. The number of aromatic nitrogens is 1. The van der Waals surface area contributed by atoms with Crippen molar-refractivity contribution in [2.45, 2.75) is 24.7 Å². The summed E-state index contributed by atoms with van der Waals surface area (Å²) in [4.78, 5) is 23.7. The van der Waals surface area contributed by atoms with Gasteiger partial charge in [-0.2, -0.15) is 4.31 Å². The van der Waals surface area contributed by atoms with Crippen LogP contribution < -0.4 is 10.6 Å². The second-order valence-corrected chi connectivity index (χ2v) is 8.57. The number of carbonyl (C=O) groups excluding carboxylic acids is 2. The van der Waals surface area contributed by atoms with Crippen LogP contribution in [-0.4, -0.2) is 49.3 Å². The Morgan fingerprint density at radius 1 is 1.43 bits per heavy atom. The topological polar surface area (TPSA) is 122 Å². The van der Waals surface area contributed by atoms with Crippen molar-refractivity contribution in [3.63, 3.8) is 0 Å². The van der Waals surface area contributed by atoms with Gasteiger partial charge in [-0.1, -0.05) is 11.2 Å². The van der Waals surface area contributed by atoms with Crippen LogP contribution in [0.5, 0.6) is 0 Å². The minimum atomic E-state index is -3.83. The number of amides is 2. The number of hydrogen-bond donors (Lipinski definition) is 2. The molecule has 0 bridgehead atoms. The average Bonchev–Trinajstić information content (AvgIpc) is 2.98. The number of hydrogen-bond acceptors (Lipinski definition) is 6. The Hall–Kier alpha value is -2.43. The van der Waals surface area contributed by atoms with Crippen LogP contribution in [0.1, 0.15) is 17.7 Å². The highest BCUT2D eigenvalue weighted by molar-refractivity contribution is 7.89. The molecule has 28 heavy (non-hydrogen) atoms. The maximum absolute atomic E-state index is 12.7. The molecule has 150 valence electrons. The third-order valence-corrected chi connectivity index (χ3v) is 6.44. The van der Waals surface area contributed by atoms with Crippen molar-refractivity contribution >= 4 is 39.1 Å².